The summed E-state index contributed by atoms with van der Waals surface area (Å²) in [6.07, 6.45) is 5.17. The lowest BCUT2D eigenvalue weighted by molar-refractivity contribution is 0.0602. The van der Waals surface area contributed by atoms with Gasteiger partial charge in [0.1, 0.15) is 0 Å². The summed E-state index contributed by atoms with van der Waals surface area (Å²) in [6, 6.07) is 10.1. The van der Waals surface area contributed by atoms with Crippen LogP contribution in [0.3, 0.4) is 0 Å². The molecule has 0 radical (unpaired) electrons. The molecule has 1 spiro atoms. The average molecular weight is 362 g/mol. The van der Waals surface area contributed by atoms with E-state index in [4.69, 9.17) is 0 Å². The molecule has 6 nitrogen and oxygen atoms in total. The van der Waals surface area contributed by atoms with E-state index in [0.29, 0.717) is 17.7 Å². The van der Waals surface area contributed by atoms with Crippen molar-refractivity contribution >= 4 is 18.3 Å². The van der Waals surface area contributed by atoms with Crippen molar-refractivity contribution in [3.63, 3.8) is 0 Å². The van der Waals surface area contributed by atoms with Crippen LogP contribution in [0, 0.1) is 5.41 Å². The molecule has 2 fully saturated rings. The van der Waals surface area contributed by atoms with E-state index in [9.17, 15) is 4.79 Å². The van der Waals surface area contributed by atoms with E-state index in [1.165, 1.54) is 6.42 Å². The van der Waals surface area contributed by atoms with Gasteiger partial charge >= 0.3 is 0 Å². The van der Waals surface area contributed by atoms with Crippen LogP contribution in [0.1, 0.15) is 35.3 Å². The van der Waals surface area contributed by atoms with Gasteiger partial charge in [-0.2, -0.15) is 0 Å². The van der Waals surface area contributed by atoms with Crippen molar-refractivity contribution in [2.45, 2.75) is 25.8 Å². The third-order valence-electron chi connectivity index (χ3n) is 5.39. The molecule has 0 unspecified atom stereocenters. The fourth-order valence-corrected chi connectivity index (χ4v) is 3.81. The number of aromatic nitrogens is 3. The predicted octanol–water partition coefficient (Wildman–Crippen LogP) is 1.96. The number of carbonyl (C=O) groups excluding carboxylic acids is 1. The van der Waals surface area contributed by atoms with Gasteiger partial charge in [0.25, 0.3) is 5.91 Å². The molecule has 1 aromatic heterocycles. The number of nitrogens with one attached hydrogen (secondary N) is 1. The second-order valence-electron chi connectivity index (χ2n) is 7.01. The predicted molar refractivity (Wildman–Crippen MR) is 97.9 cm³/mol. The number of hydrogen-bond acceptors (Lipinski definition) is 4. The van der Waals surface area contributed by atoms with Gasteiger partial charge in [0.2, 0.25) is 0 Å². The molecule has 1 aromatic carbocycles. The molecular formula is C18H24ClN5O. The smallest absolute Gasteiger partial charge is 0.276 e. The van der Waals surface area contributed by atoms with Crippen LogP contribution in [-0.2, 0) is 6.54 Å². The monoisotopic (exact) mass is 361 g/mol. The van der Waals surface area contributed by atoms with Gasteiger partial charge in [-0.15, -0.1) is 17.5 Å². The van der Waals surface area contributed by atoms with E-state index in [2.05, 4.69) is 15.6 Å². The molecule has 1 amide bonds. The van der Waals surface area contributed by atoms with Crippen molar-refractivity contribution in [3.05, 3.63) is 47.8 Å². The van der Waals surface area contributed by atoms with E-state index < -0.39 is 0 Å². The molecule has 1 N–H and O–H groups in total. The van der Waals surface area contributed by atoms with E-state index in [1.54, 1.807) is 10.9 Å². The Bertz CT molecular complexity index is 701. The van der Waals surface area contributed by atoms with Gasteiger partial charge in [0, 0.05) is 19.6 Å². The summed E-state index contributed by atoms with van der Waals surface area (Å²) in [5.41, 5.74) is 2.02. The van der Waals surface area contributed by atoms with Crippen molar-refractivity contribution in [2.24, 2.45) is 5.41 Å². The number of carbonyl (C=O) groups is 1. The molecule has 134 valence electrons. The summed E-state index contributed by atoms with van der Waals surface area (Å²) in [5.74, 6) is 0.00937. The summed E-state index contributed by atoms with van der Waals surface area (Å²) >= 11 is 0. The molecular weight excluding hydrogens is 338 g/mol. The van der Waals surface area contributed by atoms with Crippen LogP contribution in [0.15, 0.2) is 36.5 Å². The third kappa shape index (κ3) is 3.85. The van der Waals surface area contributed by atoms with Crippen LogP contribution in [0.2, 0.25) is 0 Å². The molecule has 2 aromatic rings. The van der Waals surface area contributed by atoms with E-state index in [0.717, 1.165) is 44.6 Å². The number of hydrogen-bond donors (Lipinski definition) is 1. The topological polar surface area (TPSA) is 63.1 Å². The number of likely N-dealkylation sites (tertiary alicyclic amines) is 1. The number of rotatable bonds is 3. The fourth-order valence-electron chi connectivity index (χ4n) is 3.81. The molecule has 0 bridgehead atoms. The average Bonchev–Trinajstić information content (AvgIpc) is 3.26. The molecule has 4 rings (SSSR count). The standard InChI is InChI=1S/C18H23N5O.ClH/c24-17(22-10-7-18(8-11-22)6-9-19-14-18)16-13-23(21-20-16)12-15-4-2-1-3-5-15;/h1-5,13,19H,6-12,14H2;1H. The van der Waals surface area contributed by atoms with Gasteiger partial charge in [0.05, 0.1) is 12.7 Å². The maximum Gasteiger partial charge on any atom is 0.276 e. The largest absolute Gasteiger partial charge is 0.337 e. The third-order valence-corrected chi connectivity index (χ3v) is 5.39. The minimum atomic E-state index is 0. The Balaban J connectivity index is 0.00000182. The second-order valence-corrected chi connectivity index (χ2v) is 7.01. The minimum Gasteiger partial charge on any atom is -0.337 e. The molecule has 2 saturated heterocycles. The maximum atomic E-state index is 12.7. The second kappa shape index (κ2) is 7.54. The SMILES string of the molecule is Cl.O=C(c1cn(Cc2ccccc2)nn1)N1CCC2(CCNC2)CC1. The summed E-state index contributed by atoms with van der Waals surface area (Å²) < 4.78 is 1.73. The molecule has 25 heavy (non-hydrogen) atoms. The zero-order valence-electron chi connectivity index (χ0n) is 14.2. The van der Waals surface area contributed by atoms with E-state index in [1.807, 2.05) is 35.2 Å². The van der Waals surface area contributed by atoms with Crippen molar-refractivity contribution in [2.75, 3.05) is 26.2 Å². The Kier molecular flexibility index (Phi) is 5.39. The molecule has 3 heterocycles. The van der Waals surface area contributed by atoms with Crippen molar-refractivity contribution in [3.8, 4) is 0 Å². The summed E-state index contributed by atoms with van der Waals surface area (Å²) in [5, 5.41) is 11.6. The van der Waals surface area contributed by atoms with Crippen LogP contribution in [0.5, 0.6) is 0 Å². The fraction of sp³-hybridized carbons (Fsp3) is 0.500. The summed E-state index contributed by atoms with van der Waals surface area (Å²) in [4.78, 5) is 14.6. The Hall–Kier alpha value is -1.92. The Labute approximate surface area is 154 Å². The maximum absolute atomic E-state index is 12.7. The molecule has 0 atom stereocenters. The minimum absolute atomic E-state index is 0. The summed E-state index contributed by atoms with van der Waals surface area (Å²) in [6.45, 7) is 4.50. The highest BCUT2D eigenvalue weighted by Gasteiger charge is 2.38. The van der Waals surface area contributed by atoms with Crippen molar-refractivity contribution in [1.82, 2.24) is 25.2 Å². The van der Waals surface area contributed by atoms with Crippen LogP contribution >= 0.6 is 12.4 Å². The van der Waals surface area contributed by atoms with Gasteiger partial charge in [-0.05, 0) is 36.8 Å². The lowest BCUT2D eigenvalue weighted by Gasteiger charge is -2.38. The van der Waals surface area contributed by atoms with Crippen LogP contribution in [-0.4, -0.2) is 52.0 Å². The van der Waals surface area contributed by atoms with E-state index in [-0.39, 0.29) is 18.3 Å². The highest BCUT2D eigenvalue weighted by atomic mass is 35.5. The number of piperidine rings is 1. The molecule has 0 aliphatic carbocycles. The highest BCUT2D eigenvalue weighted by Crippen LogP contribution is 2.37. The Morgan fingerprint density at radius 1 is 1.16 bits per heavy atom. The quantitative estimate of drug-likeness (QED) is 0.907. The zero-order valence-corrected chi connectivity index (χ0v) is 15.0. The number of nitrogens with zero attached hydrogens (tertiary/aromatic N) is 4. The van der Waals surface area contributed by atoms with Crippen LogP contribution in [0.4, 0.5) is 0 Å². The number of halogens is 1. The lowest BCUT2D eigenvalue weighted by atomic mass is 9.78. The first kappa shape index (κ1) is 17.9. The lowest BCUT2D eigenvalue weighted by Crippen LogP contribution is -2.44. The number of amides is 1. The Morgan fingerprint density at radius 3 is 2.60 bits per heavy atom. The van der Waals surface area contributed by atoms with Gasteiger partial charge < -0.3 is 10.2 Å². The zero-order chi connectivity index (χ0) is 16.4. The van der Waals surface area contributed by atoms with Crippen LogP contribution < -0.4 is 5.32 Å². The van der Waals surface area contributed by atoms with Gasteiger partial charge in [0.15, 0.2) is 5.69 Å². The van der Waals surface area contributed by atoms with Gasteiger partial charge in [-0.1, -0.05) is 35.5 Å². The summed E-state index contributed by atoms with van der Waals surface area (Å²) in [7, 11) is 0. The first-order chi connectivity index (χ1) is 11.7. The normalized spacial score (nSPS) is 19.0. The van der Waals surface area contributed by atoms with Gasteiger partial charge in [-0.3, -0.25) is 4.79 Å². The molecule has 7 heteroatoms. The van der Waals surface area contributed by atoms with Crippen molar-refractivity contribution in [1.29, 1.82) is 0 Å². The number of benzene rings is 1. The van der Waals surface area contributed by atoms with Gasteiger partial charge in [-0.25, -0.2) is 4.68 Å². The highest BCUT2D eigenvalue weighted by molar-refractivity contribution is 5.92. The van der Waals surface area contributed by atoms with Crippen molar-refractivity contribution < 1.29 is 4.79 Å². The first-order valence-electron chi connectivity index (χ1n) is 8.68. The molecule has 2 aliphatic rings. The Morgan fingerprint density at radius 2 is 1.92 bits per heavy atom. The van der Waals surface area contributed by atoms with Crippen LogP contribution in [0.25, 0.3) is 0 Å². The first-order valence-corrected chi connectivity index (χ1v) is 8.68. The molecule has 2 aliphatic heterocycles. The molecule has 0 saturated carbocycles. The van der Waals surface area contributed by atoms with E-state index >= 15 is 0 Å².